The number of carbonyl (C=O) groups excluding carboxylic acids is 2. The van der Waals surface area contributed by atoms with E-state index >= 15 is 0 Å². The highest BCUT2D eigenvalue weighted by Gasteiger charge is 2.26. The number of hydrogen-bond donors (Lipinski definition) is 1. The largest absolute Gasteiger partial charge is 0.506 e. The summed E-state index contributed by atoms with van der Waals surface area (Å²) in [6, 6.07) is 5.09. The number of aryl methyl sites for hydroxylation is 1. The van der Waals surface area contributed by atoms with Crippen molar-refractivity contribution in [2.24, 2.45) is 0 Å². The van der Waals surface area contributed by atoms with Gasteiger partial charge in [-0.15, -0.1) is 0 Å². The summed E-state index contributed by atoms with van der Waals surface area (Å²) in [6.07, 6.45) is 0. The molecule has 0 aliphatic rings. The van der Waals surface area contributed by atoms with Gasteiger partial charge in [0, 0.05) is 5.39 Å². The zero-order valence-corrected chi connectivity index (χ0v) is 11.3. The molecule has 0 saturated heterocycles. The molecular formula is C14H13NO5. The Bertz CT molecular complexity index is 708. The fourth-order valence-electron chi connectivity index (χ4n) is 1.90. The molecule has 0 unspecified atom stereocenters. The van der Waals surface area contributed by atoms with Crippen molar-refractivity contribution in [2.75, 3.05) is 14.2 Å². The van der Waals surface area contributed by atoms with Crippen LogP contribution in [0.15, 0.2) is 18.2 Å². The molecule has 20 heavy (non-hydrogen) atoms. The number of methoxy groups -OCH3 is 2. The number of rotatable bonds is 2. The normalized spacial score (nSPS) is 10.3. The van der Waals surface area contributed by atoms with Crippen molar-refractivity contribution in [3.05, 3.63) is 35.0 Å². The molecule has 1 heterocycles. The van der Waals surface area contributed by atoms with Gasteiger partial charge in [-0.05, 0) is 24.6 Å². The van der Waals surface area contributed by atoms with E-state index < -0.39 is 11.9 Å². The second-order valence-electron chi connectivity index (χ2n) is 4.19. The number of aromatic hydroxyl groups is 1. The molecular weight excluding hydrogens is 262 g/mol. The summed E-state index contributed by atoms with van der Waals surface area (Å²) >= 11 is 0. The maximum atomic E-state index is 11.8. The molecule has 0 aliphatic heterocycles. The van der Waals surface area contributed by atoms with Gasteiger partial charge in [-0.2, -0.15) is 0 Å². The van der Waals surface area contributed by atoms with Crippen molar-refractivity contribution < 1.29 is 24.2 Å². The van der Waals surface area contributed by atoms with Gasteiger partial charge in [-0.25, -0.2) is 14.6 Å². The van der Waals surface area contributed by atoms with Gasteiger partial charge in [-0.1, -0.05) is 6.07 Å². The maximum absolute atomic E-state index is 11.8. The molecule has 6 nitrogen and oxygen atoms in total. The lowest BCUT2D eigenvalue weighted by Gasteiger charge is -2.10. The number of benzene rings is 1. The molecule has 2 rings (SSSR count). The molecule has 6 heteroatoms. The van der Waals surface area contributed by atoms with Crippen LogP contribution in [0.5, 0.6) is 5.75 Å². The Morgan fingerprint density at radius 3 is 2.40 bits per heavy atom. The molecule has 0 atom stereocenters. The van der Waals surface area contributed by atoms with Crippen LogP contribution < -0.4 is 0 Å². The van der Waals surface area contributed by atoms with E-state index in [0.29, 0.717) is 10.9 Å². The molecule has 1 N–H and O–H groups in total. The van der Waals surface area contributed by atoms with Crippen molar-refractivity contribution in [1.29, 1.82) is 0 Å². The van der Waals surface area contributed by atoms with Gasteiger partial charge in [0.05, 0.1) is 19.7 Å². The first-order valence-corrected chi connectivity index (χ1v) is 5.79. The second kappa shape index (κ2) is 5.16. The van der Waals surface area contributed by atoms with Gasteiger partial charge in [0.1, 0.15) is 11.3 Å². The molecule has 104 valence electrons. The number of nitrogens with zero attached hydrogens (tertiary/aromatic N) is 1. The van der Waals surface area contributed by atoms with E-state index in [2.05, 4.69) is 14.5 Å². The van der Waals surface area contributed by atoms with Crippen LogP contribution in [0.4, 0.5) is 0 Å². The van der Waals surface area contributed by atoms with Crippen LogP contribution in [-0.2, 0) is 9.47 Å². The Morgan fingerprint density at radius 1 is 1.15 bits per heavy atom. The van der Waals surface area contributed by atoms with Crippen LogP contribution in [-0.4, -0.2) is 36.2 Å². The van der Waals surface area contributed by atoms with E-state index in [-0.39, 0.29) is 17.0 Å². The fraction of sp³-hybridized carbons (Fsp3) is 0.214. The predicted octanol–water partition coefficient (Wildman–Crippen LogP) is 1.82. The van der Waals surface area contributed by atoms with Gasteiger partial charge in [0.25, 0.3) is 0 Å². The number of hydrogen-bond acceptors (Lipinski definition) is 6. The van der Waals surface area contributed by atoms with Gasteiger partial charge in [-0.3, -0.25) is 0 Å². The molecule has 1 aromatic carbocycles. The van der Waals surface area contributed by atoms with E-state index in [1.807, 2.05) is 6.92 Å². The summed E-state index contributed by atoms with van der Waals surface area (Å²) in [5, 5.41) is 10.6. The first kappa shape index (κ1) is 13.8. The van der Waals surface area contributed by atoms with Crippen LogP contribution in [0.2, 0.25) is 0 Å². The monoisotopic (exact) mass is 275 g/mol. The van der Waals surface area contributed by atoms with Crippen molar-refractivity contribution >= 4 is 22.8 Å². The Balaban J connectivity index is 2.86. The van der Waals surface area contributed by atoms with Crippen LogP contribution in [0.1, 0.15) is 26.4 Å². The van der Waals surface area contributed by atoms with Gasteiger partial charge < -0.3 is 14.6 Å². The molecule has 0 bridgehead atoms. The summed E-state index contributed by atoms with van der Waals surface area (Å²) in [6.45, 7) is 1.85. The number of fused-ring (bicyclic) bond motifs is 1. The Morgan fingerprint density at radius 2 is 1.80 bits per heavy atom. The van der Waals surface area contributed by atoms with Gasteiger partial charge in [0.15, 0.2) is 5.69 Å². The third-order valence-electron chi connectivity index (χ3n) is 2.88. The topological polar surface area (TPSA) is 85.7 Å². The minimum absolute atomic E-state index is 0.269. The maximum Gasteiger partial charge on any atom is 0.357 e. The van der Waals surface area contributed by atoms with E-state index in [1.54, 1.807) is 18.2 Å². The molecule has 1 aromatic heterocycles. The van der Waals surface area contributed by atoms with E-state index in [9.17, 15) is 14.7 Å². The number of aromatic nitrogens is 1. The second-order valence-corrected chi connectivity index (χ2v) is 4.19. The molecule has 0 aliphatic carbocycles. The van der Waals surface area contributed by atoms with Gasteiger partial charge >= 0.3 is 11.9 Å². The highest BCUT2D eigenvalue weighted by Crippen LogP contribution is 2.31. The first-order chi connectivity index (χ1) is 9.49. The number of carbonyl (C=O) groups is 2. The summed E-state index contributed by atoms with van der Waals surface area (Å²) in [5.74, 6) is -2.01. The van der Waals surface area contributed by atoms with Crippen molar-refractivity contribution in [2.45, 2.75) is 6.92 Å². The quantitative estimate of drug-likeness (QED) is 0.841. The average Bonchev–Trinajstić information content (AvgIpc) is 2.45. The average molecular weight is 275 g/mol. The van der Waals surface area contributed by atoms with E-state index in [1.165, 1.54) is 7.11 Å². The van der Waals surface area contributed by atoms with Crippen LogP contribution >= 0.6 is 0 Å². The smallest absolute Gasteiger partial charge is 0.357 e. The molecule has 0 spiro atoms. The molecule has 0 fully saturated rings. The minimum atomic E-state index is -0.849. The van der Waals surface area contributed by atoms with Crippen LogP contribution in [0.25, 0.3) is 10.9 Å². The third-order valence-corrected chi connectivity index (χ3v) is 2.88. The van der Waals surface area contributed by atoms with Crippen molar-refractivity contribution in [1.82, 2.24) is 4.98 Å². The summed E-state index contributed by atoms with van der Waals surface area (Å²) < 4.78 is 9.16. The Kier molecular flexibility index (Phi) is 3.56. The molecule has 0 saturated carbocycles. The highest BCUT2D eigenvalue weighted by atomic mass is 16.5. The lowest BCUT2D eigenvalue weighted by Crippen LogP contribution is -2.14. The lowest BCUT2D eigenvalue weighted by molar-refractivity contribution is 0.0547. The number of ether oxygens (including phenoxy) is 2. The third kappa shape index (κ3) is 2.16. The van der Waals surface area contributed by atoms with Crippen molar-refractivity contribution in [3.8, 4) is 5.75 Å². The van der Waals surface area contributed by atoms with Crippen LogP contribution in [0.3, 0.4) is 0 Å². The minimum Gasteiger partial charge on any atom is -0.506 e. The molecule has 0 amide bonds. The van der Waals surface area contributed by atoms with Crippen molar-refractivity contribution in [3.63, 3.8) is 0 Å². The summed E-state index contributed by atoms with van der Waals surface area (Å²) in [7, 11) is 2.32. The zero-order chi connectivity index (χ0) is 14.9. The first-order valence-electron chi connectivity index (χ1n) is 5.79. The standard InChI is InChI=1S/C14H13NO5/c1-7-4-5-8-9(6-7)15-11(14(18)20-3)10(12(8)16)13(17)19-2/h4-6H,1-3H3,(H,15,16). The number of esters is 2. The molecule has 2 aromatic rings. The Labute approximate surface area is 115 Å². The SMILES string of the molecule is COC(=O)c1nc2cc(C)ccc2c(O)c1C(=O)OC. The van der Waals surface area contributed by atoms with E-state index in [0.717, 1.165) is 12.7 Å². The summed E-state index contributed by atoms with van der Waals surface area (Å²) in [5.41, 5.74) is 0.743. The zero-order valence-electron chi connectivity index (χ0n) is 11.3. The van der Waals surface area contributed by atoms with Gasteiger partial charge in [0.2, 0.25) is 0 Å². The van der Waals surface area contributed by atoms with Crippen LogP contribution in [0, 0.1) is 6.92 Å². The Hall–Kier alpha value is -2.63. The molecule has 0 radical (unpaired) electrons. The highest BCUT2D eigenvalue weighted by molar-refractivity contribution is 6.08. The lowest BCUT2D eigenvalue weighted by atomic mass is 10.1. The fourth-order valence-corrected chi connectivity index (χ4v) is 1.90. The predicted molar refractivity (Wildman–Crippen MR) is 70.8 cm³/mol. The number of pyridine rings is 1. The van der Waals surface area contributed by atoms with E-state index in [4.69, 9.17) is 0 Å². The summed E-state index contributed by atoms with van der Waals surface area (Å²) in [4.78, 5) is 27.6.